The highest BCUT2D eigenvalue weighted by molar-refractivity contribution is 5.84. The summed E-state index contributed by atoms with van der Waals surface area (Å²) in [6, 6.07) is 0.366. The van der Waals surface area contributed by atoms with Crippen molar-refractivity contribution in [3.05, 3.63) is 11.9 Å². The van der Waals surface area contributed by atoms with E-state index >= 15 is 0 Å². The van der Waals surface area contributed by atoms with Gasteiger partial charge in [-0.3, -0.25) is 4.79 Å². The zero-order chi connectivity index (χ0) is 17.3. The van der Waals surface area contributed by atoms with Gasteiger partial charge in [0.2, 0.25) is 5.91 Å². The number of aromatic carboxylic acids is 1. The Labute approximate surface area is 140 Å². The quantitative estimate of drug-likeness (QED) is 0.871. The maximum Gasteiger partial charge on any atom is 0.358 e. The molecule has 2 fully saturated rings. The Hall–Kier alpha value is -1.96. The topological polar surface area (TPSA) is 97.5 Å². The van der Waals surface area contributed by atoms with Crippen molar-refractivity contribution >= 4 is 11.9 Å². The zero-order valence-corrected chi connectivity index (χ0v) is 14.1. The highest BCUT2D eigenvalue weighted by Crippen LogP contribution is 2.39. The van der Waals surface area contributed by atoms with E-state index in [9.17, 15) is 9.59 Å². The average Bonchev–Trinajstić information content (AvgIpc) is 3.02. The number of aromatic nitrogens is 3. The maximum absolute atomic E-state index is 12.6. The molecule has 8 nitrogen and oxygen atoms in total. The molecule has 0 aliphatic heterocycles. The summed E-state index contributed by atoms with van der Waals surface area (Å²) in [5.41, 5.74) is -0.0585. The van der Waals surface area contributed by atoms with Crippen molar-refractivity contribution in [2.24, 2.45) is 5.92 Å². The van der Waals surface area contributed by atoms with Crippen molar-refractivity contribution in [2.45, 2.75) is 56.7 Å². The molecule has 0 aromatic carbocycles. The number of methoxy groups -OCH3 is 1. The van der Waals surface area contributed by atoms with Crippen LogP contribution >= 0.6 is 0 Å². The SMILES string of the molecule is COC1CCC(N(C)C(=O)C2CC(n3cc(C(=O)O)nn3)C2)CC1. The lowest BCUT2D eigenvalue weighted by atomic mass is 9.78. The van der Waals surface area contributed by atoms with Gasteiger partial charge in [-0.05, 0) is 38.5 Å². The Morgan fingerprint density at radius 3 is 2.50 bits per heavy atom. The van der Waals surface area contributed by atoms with Gasteiger partial charge in [-0.1, -0.05) is 5.21 Å². The molecule has 0 spiro atoms. The Morgan fingerprint density at radius 2 is 1.96 bits per heavy atom. The van der Waals surface area contributed by atoms with E-state index in [1.807, 2.05) is 11.9 Å². The van der Waals surface area contributed by atoms with Gasteiger partial charge in [-0.25, -0.2) is 9.48 Å². The van der Waals surface area contributed by atoms with E-state index in [4.69, 9.17) is 9.84 Å². The van der Waals surface area contributed by atoms with Crippen LogP contribution in [0, 0.1) is 5.92 Å². The minimum atomic E-state index is -1.08. The molecule has 0 radical (unpaired) electrons. The van der Waals surface area contributed by atoms with Crippen molar-refractivity contribution in [3.63, 3.8) is 0 Å². The van der Waals surface area contributed by atoms with Crippen LogP contribution in [-0.2, 0) is 9.53 Å². The molecule has 1 aromatic rings. The van der Waals surface area contributed by atoms with Crippen LogP contribution in [0.2, 0.25) is 0 Å². The first-order chi connectivity index (χ1) is 11.5. The molecule has 0 saturated heterocycles. The summed E-state index contributed by atoms with van der Waals surface area (Å²) < 4.78 is 6.95. The number of carbonyl (C=O) groups is 2. The van der Waals surface area contributed by atoms with E-state index < -0.39 is 5.97 Å². The predicted octanol–water partition coefficient (Wildman–Crippen LogP) is 1.34. The van der Waals surface area contributed by atoms with E-state index in [1.165, 1.54) is 6.20 Å². The third-order valence-corrected chi connectivity index (χ3v) is 5.44. The first-order valence-corrected chi connectivity index (χ1v) is 8.44. The molecule has 132 valence electrons. The molecule has 2 aliphatic carbocycles. The lowest BCUT2D eigenvalue weighted by molar-refractivity contribution is -0.141. The first kappa shape index (κ1) is 16.9. The van der Waals surface area contributed by atoms with Gasteiger partial charge in [0.15, 0.2) is 5.69 Å². The molecule has 0 atom stereocenters. The van der Waals surface area contributed by atoms with Crippen LogP contribution in [0.15, 0.2) is 6.20 Å². The molecule has 2 aliphatic rings. The van der Waals surface area contributed by atoms with Gasteiger partial charge in [0.1, 0.15) is 0 Å². The number of rotatable bonds is 5. The van der Waals surface area contributed by atoms with E-state index in [1.54, 1.807) is 11.8 Å². The monoisotopic (exact) mass is 336 g/mol. The first-order valence-electron chi connectivity index (χ1n) is 8.44. The van der Waals surface area contributed by atoms with Crippen LogP contribution in [0.4, 0.5) is 0 Å². The number of hydrogen-bond donors (Lipinski definition) is 1. The molecule has 3 rings (SSSR count). The van der Waals surface area contributed by atoms with Crippen LogP contribution in [0.5, 0.6) is 0 Å². The molecule has 8 heteroatoms. The highest BCUT2D eigenvalue weighted by Gasteiger charge is 2.39. The van der Waals surface area contributed by atoms with Crippen LogP contribution in [0.25, 0.3) is 0 Å². The van der Waals surface area contributed by atoms with Gasteiger partial charge >= 0.3 is 5.97 Å². The summed E-state index contributed by atoms with van der Waals surface area (Å²) in [6.07, 6.45) is 7.13. The third-order valence-electron chi connectivity index (χ3n) is 5.44. The van der Waals surface area contributed by atoms with Crippen molar-refractivity contribution < 1.29 is 19.4 Å². The second-order valence-corrected chi connectivity index (χ2v) is 6.83. The average molecular weight is 336 g/mol. The molecule has 2 saturated carbocycles. The van der Waals surface area contributed by atoms with Crippen LogP contribution < -0.4 is 0 Å². The number of carboxylic acids is 1. The second-order valence-electron chi connectivity index (χ2n) is 6.83. The summed E-state index contributed by atoms with van der Waals surface area (Å²) in [6.45, 7) is 0. The smallest absolute Gasteiger partial charge is 0.358 e. The highest BCUT2D eigenvalue weighted by atomic mass is 16.5. The number of carbonyl (C=O) groups excluding carboxylic acids is 1. The van der Waals surface area contributed by atoms with Gasteiger partial charge in [0, 0.05) is 26.1 Å². The number of nitrogens with zero attached hydrogens (tertiary/aromatic N) is 4. The van der Waals surface area contributed by atoms with Crippen molar-refractivity contribution in [3.8, 4) is 0 Å². The lowest BCUT2D eigenvalue weighted by Crippen LogP contribution is -2.46. The standard InChI is InChI=1S/C16H24N4O4/c1-19(11-3-5-13(24-2)6-4-11)15(21)10-7-12(8-10)20-9-14(16(22)23)17-18-20/h9-13H,3-8H2,1-2H3,(H,22,23). The number of hydrogen-bond acceptors (Lipinski definition) is 5. The number of amides is 1. The molecule has 24 heavy (non-hydrogen) atoms. The summed E-state index contributed by atoms with van der Waals surface area (Å²) in [7, 11) is 3.64. The fraction of sp³-hybridized carbons (Fsp3) is 0.750. The van der Waals surface area contributed by atoms with Crippen LogP contribution in [0.1, 0.15) is 55.1 Å². The Kier molecular flexibility index (Phi) is 4.84. The van der Waals surface area contributed by atoms with Gasteiger partial charge in [0.05, 0.1) is 18.3 Å². The van der Waals surface area contributed by atoms with Crippen LogP contribution in [-0.4, -0.2) is 63.2 Å². The molecule has 0 bridgehead atoms. The molecule has 1 aromatic heterocycles. The van der Waals surface area contributed by atoms with E-state index in [0.29, 0.717) is 25.0 Å². The zero-order valence-electron chi connectivity index (χ0n) is 14.1. The fourth-order valence-electron chi connectivity index (χ4n) is 3.69. The fourth-order valence-corrected chi connectivity index (χ4v) is 3.69. The summed E-state index contributed by atoms with van der Waals surface area (Å²) >= 11 is 0. The lowest BCUT2D eigenvalue weighted by Gasteiger charge is -2.40. The largest absolute Gasteiger partial charge is 0.476 e. The molecular formula is C16H24N4O4. The molecule has 0 unspecified atom stereocenters. The van der Waals surface area contributed by atoms with Crippen molar-refractivity contribution in [1.82, 2.24) is 19.9 Å². The summed E-state index contributed by atoms with van der Waals surface area (Å²) in [4.78, 5) is 25.4. The van der Waals surface area contributed by atoms with Crippen LogP contribution in [0.3, 0.4) is 0 Å². The Balaban J connectivity index is 1.49. The number of ether oxygens (including phenoxy) is 1. The summed E-state index contributed by atoms with van der Waals surface area (Å²) in [5, 5.41) is 16.3. The normalized spacial score (nSPS) is 29.8. The third kappa shape index (κ3) is 3.28. The van der Waals surface area contributed by atoms with Crippen molar-refractivity contribution in [2.75, 3.05) is 14.2 Å². The van der Waals surface area contributed by atoms with Crippen molar-refractivity contribution in [1.29, 1.82) is 0 Å². The summed E-state index contributed by atoms with van der Waals surface area (Å²) in [5.74, 6) is -0.900. The predicted molar refractivity (Wildman–Crippen MR) is 84.6 cm³/mol. The van der Waals surface area contributed by atoms with Gasteiger partial charge in [-0.2, -0.15) is 0 Å². The van der Waals surface area contributed by atoms with Gasteiger partial charge < -0.3 is 14.7 Å². The van der Waals surface area contributed by atoms with E-state index in [0.717, 1.165) is 25.7 Å². The minimum absolute atomic E-state index is 0.00220. The second kappa shape index (κ2) is 6.88. The maximum atomic E-state index is 12.6. The molecule has 1 heterocycles. The molecular weight excluding hydrogens is 312 g/mol. The van der Waals surface area contributed by atoms with E-state index in [-0.39, 0.29) is 23.6 Å². The van der Waals surface area contributed by atoms with Gasteiger partial charge in [0.25, 0.3) is 0 Å². The Bertz CT molecular complexity index is 603. The molecule has 1 N–H and O–H groups in total. The van der Waals surface area contributed by atoms with E-state index in [2.05, 4.69) is 10.3 Å². The van der Waals surface area contributed by atoms with Gasteiger partial charge in [-0.15, -0.1) is 5.10 Å². The Morgan fingerprint density at radius 1 is 1.29 bits per heavy atom. The molecule has 1 amide bonds. The number of carboxylic acid groups (broad SMARTS) is 1. The minimum Gasteiger partial charge on any atom is -0.476 e.